The predicted octanol–water partition coefficient (Wildman–Crippen LogP) is -0.813. The zero-order valence-corrected chi connectivity index (χ0v) is 8.61. The van der Waals surface area contributed by atoms with Gasteiger partial charge in [-0.25, -0.2) is 0 Å². The number of nitrogens with two attached hydrogens (primary N) is 2. The molecule has 0 bridgehead atoms. The van der Waals surface area contributed by atoms with Crippen molar-refractivity contribution < 1.29 is 4.79 Å². The molecule has 82 valence electrons. The number of nitrogens with one attached hydrogen (secondary N) is 2. The summed E-state index contributed by atoms with van der Waals surface area (Å²) >= 11 is 0. The molecule has 1 rings (SSSR count). The summed E-state index contributed by atoms with van der Waals surface area (Å²) < 4.78 is 0. The molecule has 7 nitrogen and oxygen atoms in total. The number of likely N-dealkylation sites (N-methyl/N-ethyl adjacent to an activating group) is 1. The minimum Gasteiger partial charge on any atom is -0.383 e. The minimum atomic E-state index is -0.413. The van der Waals surface area contributed by atoms with Crippen molar-refractivity contribution in [2.45, 2.75) is 13.0 Å². The van der Waals surface area contributed by atoms with Gasteiger partial charge in [-0.05, 0) is 6.92 Å². The molecule has 1 amide bonds. The van der Waals surface area contributed by atoms with Gasteiger partial charge in [-0.2, -0.15) is 9.97 Å². The molecule has 1 atom stereocenters. The van der Waals surface area contributed by atoms with Crippen LogP contribution in [0.5, 0.6) is 0 Å². The molecule has 15 heavy (non-hydrogen) atoms. The summed E-state index contributed by atoms with van der Waals surface area (Å²) in [4.78, 5) is 18.8. The molecule has 0 saturated heterocycles. The Bertz CT molecular complexity index is 346. The van der Waals surface area contributed by atoms with E-state index >= 15 is 0 Å². The molecule has 1 aromatic rings. The maximum Gasteiger partial charge on any atom is 0.241 e. The van der Waals surface area contributed by atoms with Crippen molar-refractivity contribution in [3.05, 3.63) is 6.07 Å². The van der Waals surface area contributed by atoms with Gasteiger partial charge in [0, 0.05) is 13.1 Å². The Morgan fingerprint density at radius 3 is 2.67 bits per heavy atom. The standard InChI is InChI=1S/C8H14N6O/c1-4(7(15)11-2)12-6-3-5(9)13-8(10)14-6/h3-4H,1-2H3,(H,11,15)(H5,9,10,12,13,14). The van der Waals surface area contributed by atoms with Gasteiger partial charge in [0.1, 0.15) is 17.7 Å². The third-order valence-corrected chi connectivity index (χ3v) is 1.77. The minimum absolute atomic E-state index is 0.0709. The number of nitrogens with zero attached hydrogens (tertiary/aromatic N) is 2. The van der Waals surface area contributed by atoms with Crippen molar-refractivity contribution in [2.75, 3.05) is 23.8 Å². The van der Waals surface area contributed by atoms with Crippen molar-refractivity contribution in [3.63, 3.8) is 0 Å². The highest BCUT2D eigenvalue weighted by molar-refractivity contribution is 5.83. The fourth-order valence-corrected chi connectivity index (χ4v) is 1.06. The lowest BCUT2D eigenvalue weighted by Gasteiger charge is -2.13. The monoisotopic (exact) mass is 210 g/mol. The lowest BCUT2D eigenvalue weighted by Crippen LogP contribution is -2.35. The van der Waals surface area contributed by atoms with Crippen molar-refractivity contribution in [3.8, 4) is 0 Å². The first-order valence-corrected chi connectivity index (χ1v) is 4.41. The van der Waals surface area contributed by atoms with Crippen molar-refractivity contribution in [1.29, 1.82) is 0 Å². The van der Waals surface area contributed by atoms with Crippen LogP contribution < -0.4 is 22.1 Å². The zero-order chi connectivity index (χ0) is 11.4. The van der Waals surface area contributed by atoms with Crippen LogP contribution in [0.15, 0.2) is 6.07 Å². The second-order valence-electron chi connectivity index (χ2n) is 3.02. The summed E-state index contributed by atoms with van der Waals surface area (Å²) in [6.07, 6.45) is 0. The molecule has 0 radical (unpaired) electrons. The highest BCUT2D eigenvalue weighted by Crippen LogP contribution is 2.10. The SMILES string of the molecule is CNC(=O)C(C)Nc1cc(N)nc(N)n1. The molecule has 0 aromatic carbocycles. The molecule has 1 heterocycles. The van der Waals surface area contributed by atoms with Crippen LogP contribution in [0.4, 0.5) is 17.6 Å². The van der Waals surface area contributed by atoms with Gasteiger partial charge in [-0.15, -0.1) is 0 Å². The Morgan fingerprint density at radius 1 is 1.47 bits per heavy atom. The van der Waals surface area contributed by atoms with Crippen LogP contribution in [-0.4, -0.2) is 29.0 Å². The third kappa shape index (κ3) is 2.97. The summed E-state index contributed by atoms with van der Waals surface area (Å²) in [7, 11) is 1.56. The molecule has 0 aliphatic rings. The topological polar surface area (TPSA) is 119 Å². The average molecular weight is 210 g/mol. The van der Waals surface area contributed by atoms with Crippen molar-refractivity contribution >= 4 is 23.5 Å². The second-order valence-corrected chi connectivity index (χ2v) is 3.02. The number of aromatic nitrogens is 2. The Balaban J connectivity index is 2.76. The normalized spacial score (nSPS) is 11.9. The van der Waals surface area contributed by atoms with Crippen LogP contribution >= 0.6 is 0 Å². The van der Waals surface area contributed by atoms with Crippen LogP contribution in [0, 0.1) is 0 Å². The number of amides is 1. The molecular weight excluding hydrogens is 196 g/mol. The van der Waals surface area contributed by atoms with E-state index in [1.807, 2.05) is 0 Å². The lowest BCUT2D eigenvalue weighted by atomic mass is 10.3. The van der Waals surface area contributed by atoms with Crippen LogP contribution in [0.2, 0.25) is 0 Å². The van der Waals surface area contributed by atoms with Crippen molar-refractivity contribution in [1.82, 2.24) is 15.3 Å². The number of hydrogen-bond donors (Lipinski definition) is 4. The van der Waals surface area contributed by atoms with Gasteiger partial charge in [0.05, 0.1) is 0 Å². The summed E-state index contributed by atoms with van der Waals surface area (Å²) in [5.74, 6) is 0.609. The van der Waals surface area contributed by atoms with E-state index in [0.29, 0.717) is 5.82 Å². The Morgan fingerprint density at radius 2 is 2.13 bits per heavy atom. The van der Waals surface area contributed by atoms with E-state index in [-0.39, 0.29) is 17.7 Å². The van der Waals surface area contributed by atoms with Gasteiger partial charge < -0.3 is 22.1 Å². The van der Waals surface area contributed by atoms with Crippen LogP contribution in [0.25, 0.3) is 0 Å². The molecule has 0 saturated carbocycles. The second kappa shape index (κ2) is 4.45. The highest BCUT2D eigenvalue weighted by Gasteiger charge is 2.11. The first-order valence-electron chi connectivity index (χ1n) is 4.41. The van der Waals surface area contributed by atoms with Crippen LogP contribution in [0.3, 0.4) is 0 Å². The quantitative estimate of drug-likeness (QED) is 0.518. The molecule has 1 unspecified atom stereocenters. The molecule has 0 aliphatic carbocycles. The van der Waals surface area contributed by atoms with E-state index in [0.717, 1.165) is 0 Å². The zero-order valence-electron chi connectivity index (χ0n) is 8.61. The number of nitrogen functional groups attached to an aromatic ring is 2. The summed E-state index contributed by atoms with van der Waals surface area (Å²) in [5, 5.41) is 5.36. The van der Waals surface area contributed by atoms with Crippen LogP contribution in [0.1, 0.15) is 6.92 Å². The Labute approximate surface area is 87.3 Å². The van der Waals surface area contributed by atoms with E-state index in [9.17, 15) is 4.79 Å². The summed E-state index contributed by atoms with van der Waals surface area (Å²) in [6, 6.07) is 1.10. The summed E-state index contributed by atoms with van der Waals surface area (Å²) in [5.41, 5.74) is 10.9. The number of anilines is 3. The maximum absolute atomic E-state index is 11.2. The van der Waals surface area contributed by atoms with Gasteiger partial charge in [0.15, 0.2) is 0 Å². The van der Waals surface area contributed by atoms with E-state index < -0.39 is 6.04 Å². The van der Waals surface area contributed by atoms with Gasteiger partial charge in [-0.3, -0.25) is 4.79 Å². The van der Waals surface area contributed by atoms with Gasteiger partial charge in [0.2, 0.25) is 11.9 Å². The van der Waals surface area contributed by atoms with Gasteiger partial charge in [-0.1, -0.05) is 0 Å². The van der Waals surface area contributed by atoms with Gasteiger partial charge >= 0.3 is 0 Å². The van der Waals surface area contributed by atoms with Gasteiger partial charge in [0.25, 0.3) is 0 Å². The molecular formula is C8H14N6O. The number of rotatable bonds is 3. The Kier molecular flexibility index (Phi) is 3.27. The highest BCUT2D eigenvalue weighted by atomic mass is 16.2. The largest absolute Gasteiger partial charge is 0.383 e. The number of carbonyl (C=O) groups excluding carboxylic acids is 1. The number of carbonyl (C=O) groups is 1. The summed E-state index contributed by atoms with van der Waals surface area (Å²) in [6.45, 7) is 1.70. The lowest BCUT2D eigenvalue weighted by molar-refractivity contribution is -0.121. The van der Waals surface area contributed by atoms with E-state index in [2.05, 4.69) is 20.6 Å². The first kappa shape index (κ1) is 11.0. The molecule has 6 N–H and O–H groups in total. The third-order valence-electron chi connectivity index (χ3n) is 1.77. The molecule has 0 spiro atoms. The average Bonchev–Trinajstić information content (AvgIpc) is 2.14. The molecule has 0 fully saturated rings. The smallest absolute Gasteiger partial charge is 0.241 e. The van der Waals surface area contributed by atoms with Crippen molar-refractivity contribution in [2.24, 2.45) is 0 Å². The maximum atomic E-state index is 11.2. The predicted molar refractivity (Wildman–Crippen MR) is 58.0 cm³/mol. The molecule has 1 aromatic heterocycles. The van der Waals surface area contributed by atoms with E-state index in [4.69, 9.17) is 11.5 Å². The Hall–Kier alpha value is -2.05. The fraction of sp³-hybridized carbons (Fsp3) is 0.375. The number of hydrogen-bond acceptors (Lipinski definition) is 6. The molecule has 7 heteroatoms. The van der Waals surface area contributed by atoms with Crippen LogP contribution in [-0.2, 0) is 4.79 Å². The fourth-order valence-electron chi connectivity index (χ4n) is 1.06. The first-order chi connectivity index (χ1) is 7.02. The molecule has 0 aliphatic heterocycles. The van der Waals surface area contributed by atoms with E-state index in [1.54, 1.807) is 14.0 Å². The van der Waals surface area contributed by atoms with E-state index in [1.165, 1.54) is 6.07 Å².